The second kappa shape index (κ2) is 6.21. The van der Waals surface area contributed by atoms with Crippen molar-refractivity contribution < 1.29 is 12.8 Å². The van der Waals surface area contributed by atoms with E-state index in [-0.39, 0.29) is 23.1 Å². The van der Waals surface area contributed by atoms with Gasteiger partial charge in [0.15, 0.2) is 9.84 Å². The maximum Gasteiger partial charge on any atom is 0.152 e. The summed E-state index contributed by atoms with van der Waals surface area (Å²) in [5, 5.41) is 3.12. The van der Waals surface area contributed by atoms with Gasteiger partial charge in [-0.05, 0) is 24.6 Å². The van der Waals surface area contributed by atoms with E-state index in [1.54, 1.807) is 0 Å². The number of halogens is 2. The number of hydrogen-bond acceptors (Lipinski definition) is 3. The molecule has 0 saturated carbocycles. The molecule has 0 atom stereocenters. The first-order valence-electron chi connectivity index (χ1n) is 5.34. The van der Waals surface area contributed by atoms with Crippen LogP contribution in [0.15, 0.2) is 18.2 Å². The molecule has 0 fully saturated rings. The third-order valence-corrected chi connectivity index (χ3v) is 4.34. The van der Waals surface area contributed by atoms with Crippen molar-refractivity contribution in [1.29, 1.82) is 0 Å². The molecule has 6 heteroatoms. The fourth-order valence-corrected chi connectivity index (χ4v) is 2.86. The number of nitrogens with one attached hydrogen (secondary N) is 1. The predicted octanol–water partition coefficient (Wildman–Crippen LogP) is 2.72. The maximum absolute atomic E-state index is 12.8. The highest BCUT2D eigenvalue weighted by Gasteiger charge is 2.09. The fraction of sp³-hybridized carbons (Fsp3) is 0.455. The molecule has 1 aromatic rings. The highest BCUT2D eigenvalue weighted by molar-refractivity contribution is 7.91. The third kappa shape index (κ3) is 4.91. The van der Waals surface area contributed by atoms with E-state index in [0.717, 1.165) is 0 Å². The first kappa shape index (κ1) is 14.3. The van der Waals surface area contributed by atoms with Crippen LogP contribution in [0.1, 0.15) is 13.3 Å². The van der Waals surface area contributed by atoms with Gasteiger partial charge < -0.3 is 5.32 Å². The first-order valence-corrected chi connectivity index (χ1v) is 7.54. The molecule has 1 rings (SSSR count). The molecule has 1 N–H and O–H groups in total. The Balaban J connectivity index is 2.51. The number of sulfone groups is 1. The Hall–Kier alpha value is -0.810. The first-order chi connectivity index (χ1) is 7.94. The summed E-state index contributed by atoms with van der Waals surface area (Å²) in [5.74, 6) is -0.181. The van der Waals surface area contributed by atoms with Gasteiger partial charge in [0.2, 0.25) is 0 Å². The van der Waals surface area contributed by atoms with Crippen molar-refractivity contribution in [1.82, 2.24) is 0 Å². The van der Waals surface area contributed by atoms with Gasteiger partial charge in [0.05, 0.1) is 16.5 Å². The Morgan fingerprint density at radius 1 is 1.35 bits per heavy atom. The lowest BCUT2D eigenvalue weighted by molar-refractivity contribution is 0.595. The molecule has 3 nitrogen and oxygen atoms in total. The monoisotopic (exact) mass is 279 g/mol. The molecule has 0 aliphatic heterocycles. The van der Waals surface area contributed by atoms with Crippen molar-refractivity contribution in [2.45, 2.75) is 13.3 Å². The molecule has 0 spiro atoms. The van der Waals surface area contributed by atoms with E-state index >= 15 is 0 Å². The molecular formula is C11H15ClFNO2S. The topological polar surface area (TPSA) is 46.2 Å². The molecule has 0 saturated heterocycles. The normalized spacial score (nSPS) is 11.5. The van der Waals surface area contributed by atoms with Crippen molar-refractivity contribution in [3.05, 3.63) is 29.0 Å². The zero-order valence-electron chi connectivity index (χ0n) is 9.54. The van der Waals surface area contributed by atoms with Gasteiger partial charge in [0.1, 0.15) is 5.82 Å². The molecule has 17 heavy (non-hydrogen) atoms. The van der Waals surface area contributed by atoms with E-state index in [1.807, 2.05) is 6.92 Å². The van der Waals surface area contributed by atoms with Crippen LogP contribution in [0.2, 0.25) is 5.02 Å². The Bertz CT molecular complexity index is 476. The second-order valence-corrected chi connectivity index (χ2v) is 6.41. The molecule has 1 aromatic carbocycles. The summed E-state index contributed by atoms with van der Waals surface area (Å²) in [6.45, 7) is 2.09. The molecule has 0 aliphatic rings. The van der Waals surface area contributed by atoms with Crippen molar-refractivity contribution in [2.24, 2.45) is 0 Å². The van der Waals surface area contributed by atoms with Gasteiger partial charge in [-0.15, -0.1) is 0 Å². The average Bonchev–Trinajstić information content (AvgIpc) is 2.21. The van der Waals surface area contributed by atoms with Gasteiger partial charge in [0, 0.05) is 12.3 Å². The summed E-state index contributed by atoms with van der Waals surface area (Å²) in [7, 11) is -3.00. The van der Waals surface area contributed by atoms with Crippen molar-refractivity contribution in [3.8, 4) is 0 Å². The van der Waals surface area contributed by atoms with Crippen LogP contribution in [0.5, 0.6) is 0 Å². The molecular weight excluding hydrogens is 265 g/mol. The zero-order valence-corrected chi connectivity index (χ0v) is 11.1. The van der Waals surface area contributed by atoms with Crippen LogP contribution in [0.25, 0.3) is 0 Å². The third-order valence-electron chi connectivity index (χ3n) is 2.17. The van der Waals surface area contributed by atoms with E-state index in [2.05, 4.69) is 5.32 Å². The van der Waals surface area contributed by atoms with Crippen molar-refractivity contribution in [3.63, 3.8) is 0 Å². The molecule has 0 radical (unpaired) electrons. The van der Waals surface area contributed by atoms with Gasteiger partial charge >= 0.3 is 0 Å². The van der Waals surface area contributed by atoms with Gasteiger partial charge in [-0.2, -0.15) is 0 Å². The standard InChI is InChI=1S/C11H15ClFNO2S/c1-2-6-17(15,16)7-5-14-11-4-3-9(13)8-10(11)12/h3-4,8,14H,2,5-7H2,1H3. The lowest BCUT2D eigenvalue weighted by Gasteiger charge is -2.08. The summed E-state index contributed by atoms with van der Waals surface area (Å²) >= 11 is 5.79. The number of rotatable bonds is 6. The summed E-state index contributed by atoms with van der Waals surface area (Å²) < 4.78 is 35.6. The van der Waals surface area contributed by atoms with Crippen LogP contribution in [0.4, 0.5) is 10.1 Å². The zero-order chi connectivity index (χ0) is 12.9. The summed E-state index contributed by atoms with van der Waals surface area (Å²) in [5.41, 5.74) is 0.541. The average molecular weight is 280 g/mol. The largest absolute Gasteiger partial charge is 0.383 e. The Morgan fingerprint density at radius 2 is 2.06 bits per heavy atom. The maximum atomic E-state index is 12.8. The second-order valence-electron chi connectivity index (χ2n) is 3.70. The smallest absolute Gasteiger partial charge is 0.152 e. The minimum atomic E-state index is -3.00. The SMILES string of the molecule is CCCS(=O)(=O)CCNc1ccc(F)cc1Cl. The van der Waals surface area contributed by atoms with Gasteiger partial charge in [-0.3, -0.25) is 0 Å². The summed E-state index contributed by atoms with van der Waals surface area (Å²) in [4.78, 5) is 0. The molecule has 0 amide bonds. The van der Waals surface area contributed by atoms with E-state index in [0.29, 0.717) is 12.1 Å². The van der Waals surface area contributed by atoms with E-state index in [9.17, 15) is 12.8 Å². The van der Waals surface area contributed by atoms with Crippen LogP contribution >= 0.6 is 11.6 Å². The Morgan fingerprint density at radius 3 is 2.65 bits per heavy atom. The molecule has 0 heterocycles. The molecule has 0 aliphatic carbocycles. The van der Waals surface area contributed by atoms with Gasteiger partial charge in [-0.25, -0.2) is 12.8 Å². The van der Waals surface area contributed by atoms with Crippen LogP contribution in [-0.2, 0) is 9.84 Å². The van der Waals surface area contributed by atoms with E-state index < -0.39 is 15.7 Å². The Labute approximate surface area is 106 Å². The van der Waals surface area contributed by atoms with Gasteiger partial charge in [-0.1, -0.05) is 18.5 Å². The fourth-order valence-electron chi connectivity index (χ4n) is 1.39. The van der Waals surface area contributed by atoms with Crippen LogP contribution in [0, 0.1) is 5.82 Å². The highest BCUT2D eigenvalue weighted by Crippen LogP contribution is 2.21. The molecule has 96 valence electrons. The van der Waals surface area contributed by atoms with Gasteiger partial charge in [0.25, 0.3) is 0 Å². The van der Waals surface area contributed by atoms with Crippen LogP contribution in [-0.4, -0.2) is 26.5 Å². The molecule has 0 bridgehead atoms. The highest BCUT2D eigenvalue weighted by atomic mass is 35.5. The Kier molecular flexibility index (Phi) is 5.21. The minimum absolute atomic E-state index is 0.0501. The quantitative estimate of drug-likeness (QED) is 0.871. The molecule has 0 aromatic heterocycles. The number of hydrogen-bond donors (Lipinski definition) is 1. The van der Waals surface area contributed by atoms with Crippen LogP contribution < -0.4 is 5.32 Å². The van der Waals surface area contributed by atoms with E-state index in [4.69, 9.17) is 11.6 Å². The van der Waals surface area contributed by atoms with Crippen molar-refractivity contribution in [2.75, 3.05) is 23.4 Å². The van der Waals surface area contributed by atoms with E-state index in [1.165, 1.54) is 18.2 Å². The predicted molar refractivity (Wildman–Crippen MR) is 68.8 cm³/mol. The summed E-state index contributed by atoms with van der Waals surface area (Å²) in [6.07, 6.45) is 0.611. The lowest BCUT2D eigenvalue weighted by Crippen LogP contribution is -2.18. The summed E-state index contributed by atoms with van der Waals surface area (Å²) in [6, 6.07) is 3.95. The minimum Gasteiger partial charge on any atom is -0.383 e. The number of benzene rings is 1. The number of anilines is 1. The van der Waals surface area contributed by atoms with Crippen molar-refractivity contribution >= 4 is 27.1 Å². The molecule has 0 unspecified atom stereocenters. The van der Waals surface area contributed by atoms with Crippen LogP contribution in [0.3, 0.4) is 0 Å². The lowest BCUT2D eigenvalue weighted by atomic mass is 10.3.